The number of imidazole rings is 1. The summed E-state index contributed by atoms with van der Waals surface area (Å²) in [6.07, 6.45) is 7.65. The van der Waals surface area contributed by atoms with Crippen LogP contribution in [0.3, 0.4) is 0 Å². The molecule has 2 N–H and O–H groups in total. The molecule has 0 aromatic carbocycles. The number of aromatic nitrogens is 2. The van der Waals surface area contributed by atoms with Crippen molar-refractivity contribution in [2.45, 2.75) is 37.4 Å². The molecule has 1 heterocycles. The maximum absolute atomic E-state index is 11.8. The number of nitrogens with one attached hydrogen (secondary N) is 2. The number of H-pyrrole nitrogens is 1. The van der Waals surface area contributed by atoms with Crippen LogP contribution in [0.2, 0.25) is 0 Å². The van der Waals surface area contributed by atoms with Crippen LogP contribution in [-0.2, 0) is 16.4 Å². The van der Waals surface area contributed by atoms with Crippen molar-refractivity contribution in [2.75, 3.05) is 6.54 Å². The van der Waals surface area contributed by atoms with Gasteiger partial charge in [-0.3, -0.25) is 0 Å². The molecule has 0 radical (unpaired) electrons. The lowest BCUT2D eigenvalue weighted by molar-refractivity contribution is 0.564. The second kappa shape index (κ2) is 4.97. The lowest BCUT2D eigenvalue weighted by Crippen LogP contribution is -2.34. The second-order valence-corrected chi connectivity index (χ2v) is 6.22. The highest BCUT2D eigenvalue weighted by molar-refractivity contribution is 7.90. The van der Waals surface area contributed by atoms with E-state index >= 15 is 0 Å². The van der Waals surface area contributed by atoms with Crippen molar-refractivity contribution >= 4 is 10.0 Å². The van der Waals surface area contributed by atoms with Gasteiger partial charge in [-0.2, -0.15) is 0 Å². The van der Waals surface area contributed by atoms with Gasteiger partial charge in [0.05, 0.1) is 11.6 Å². The molecule has 1 aromatic rings. The molecule has 16 heavy (non-hydrogen) atoms. The van der Waals surface area contributed by atoms with Crippen LogP contribution in [0.15, 0.2) is 12.5 Å². The Kier molecular flexibility index (Phi) is 3.60. The van der Waals surface area contributed by atoms with Crippen LogP contribution in [0.5, 0.6) is 0 Å². The Labute approximate surface area is 95.7 Å². The third kappa shape index (κ3) is 2.82. The van der Waals surface area contributed by atoms with Gasteiger partial charge in [0, 0.05) is 24.9 Å². The summed E-state index contributed by atoms with van der Waals surface area (Å²) >= 11 is 0. The second-order valence-electron chi connectivity index (χ2n) is 4.17. The van der Waals surface area contributed by atoms with Gasteiger partial charge in [-0.25, -0.2) is 18.1 Å². The van der Waals surface area contributed by atoms with Crippen LogP contribution in [0.4, 0.5) is 0 Å². The van der Waals surface area contributed by atoms with Crippen molar-refractivity contribution in [3.8, 4) is 0 Å². The fraction of sp³-hybridized carbons (Fsp3) is 0.700. The first-order valence-electron chi connectivity index (χ1n) is 5.64. The van der Waals surface area contributed by atoms with Gasteiger partial charge in [-0.05, 0) is 12.8 Å². The van der Waals surface area contributed by atoms with Gasteiger partial charge >= 0.3 is 0 Å². The molecule has 0 aliphatic heterocycles. The van der Waals surface area contributed by atoms with Gasteiger partial charge in [0.2, 0.25) is 10.0 Å². The number of hydrogen-bond acceptors (Lipinski definition) is 3. The Bertz CT molecular complexity index is 407. The Morgan fingerprint density at radius 2 is 2.19 bits per heavy atom. The molecule has 0 spiro atoms. The predicted octanol–water partition coefficient (Wildman–Crippen LogP) is 0.814. The standard InChI is InChI=1S/C10H17N3O2S/c14-16(15,10-3-1-2-4-10)13-6-5-9-7-11-8-12-9/h7-8,10,13H,1-6H2,(H,11,12). The third-order valence-corrected chi connectivity index (χ3v) is 4.95. The normalized spacial score (nSPS) is 18.0. The first kappa shape index (κ1) is 11.6. The quantitative estimate of drug-likeness (QED) is 0.803. The van der Waals surface area contributed by atoms with Crippen molar-refractivity contribution in [1.29, 1.82) is 0 Å². The molecule has 90 valence electrons. The third-order valence-electron chi connectivity index (χ3n) is 2.99. The summed E-state index contributed by atoms with van der Waals surface area (Å²) in [5.41, 5.74) is 0.953. The minimum atomic E-state index is -3.10. The number of sulfonamides is 1. The first-order valence-corrected chi connectivity index (χ1v) is 7.19. The Morgan fingerprint density at radius 3 is 2.81 bits per heavy atom. The van der Waals surface area contributed by atoms with Crippen molar-refractivity contribution in [3.05, 3.63) is 18.2 Å². The molecular formula is C10H17N3O2S. The van der Waals surface area contributed by atoms with E-state index in [4.69, 9.17) is 0 Å². The van der Waals surface area contributed by atoms with Gasteiger partial charge in [-0.1, -0.05) is 12.8 Å². The highest BCUT2D eigenvalue weighted by atomic mass is 32.2. The summed E-state index contributed by atoms with van der Waals surface area (Å²) in [5, 5.41) is -0.172. The van der Waals surface area contributed by atoms with E-state index in [1.165, 1.54) is 0 Å². The molecule has 2 rings (SSSR count). The summed E-state index contributed by atoms with van der Waals surface area (Å²) in [6.45, 7) is 0.445. The van der Waals surface area contributed by atoms with Crippen LogP contribution < -0.4 is 4.72 Å². The largest absolute Gasteiger partial charge is 0.348 e. The molecule has 1 aliphatic rings. The molecule has 6 heteroatoms. The van der Waals surface area contributed by atoms with Crippen LogP contribution >= 0.6 is 0 Å². The molecule has 5 nitrogen and oxygen atoms in total. The molecule has 0 saturated heterocycles. The number of rotatable bonds is 5. The van der Waals surface area contributed by atoms with Crippen molar-refractivity contribution in [1.82, 2.24) is 14.7 Å². The van der Waals surface area contributed by atoms with Gasteiger partial charge in [0.1, 0.15) is 0 Å². The summed E-state index contributed by atoms with van der Waals surface area (Å²) in [5.74, 6) is 0. The molecule has 1 aliphatic carbocycles. The fourth-order valence-electron chi connectivity index (χ4n) is 2.07. The SMILES string of the molecule is O=S(=O)(NCCc1cnc[nH]1)C1CCCC1. The highest BCUT2D eigenvalue weighted by Crippen LogP contribution is 2.23. The minimum absolute atomic E-state index is 0.172. The van der Waals surface area contributed by atoms with E-state index in [0.29, 0.717) is 13.0 Å². The lowest BCUT2D eigenvalue weighted by atomic mass is 10.3. The van der Waals surface area contributed by atoms with E-state index < -0.39 is 10.0 Å². The Hall–Kier alpha value is -0.880. The maximum atomic E-state index is 11.8. The molecule has 1 aromatic heterocycles. The fourth-order valence-corrected chi connectivity index (χ4v) is 3.64. The van der Waals surface area contributed by atoms with E-state index in [2.05, 4.69) is 14.7 Å². The van der Waals surface area contributed by atoms with Crippen molar-refractivity contribution in [3.63, 3.8) is 0 Å². The number of aromatic amines is 1. The molecule has 0 amide bonds. The number of nitrogens with zero attached hydrogens (tertiary/aromatic N) is 1. The Balaban J connectivity index is 1.80. The number of hydrogen-bond donors (Lipinski definition) is 2. The van der Waals surface area contributed by atoms with E-state index in [1.54, 1.807) is 12.5 Å². The predicted molar refractivity (Wildman–Crippen MR) is 61.5 cm³/mol. The average molecular weight is 243 g/mol. The van der Waals surface area contributed by atoms with E-state index in [-0.39, 0.29) is 5.25 Å². The molecule has 1 fully saturated rings. The summed E-state index contributed by atoms with van der Waals surface area (Å²) in [4.78, 5) is 6.83. The molecule has 1 saturated carbocycles. The van der Waals surface area contributed by atoms with Gasteiger partial charge in [-0.15, -0.1) is 0 Å². The zero-order chi connectivity index (χ0) is 11.4. The minimum Gasteiger partial charge on any atom is -0.348 e. The zero-order valence-corrected chi connectivity index (χ0v) is 9.96. The molecule has 0 atom stereocenters. The van der Waals surface area contributed by atoms with Crippen LogP contribution in [-0.4, -0.2) is 30.2 Å². The summed E-state index contributed by atoms with van der Waals surface area (Å²) in [7, 11) is -3.10. The monoisotopic (exact) mass is 243 g/mol. The van der Waals surface area contributed by atoms with Crippen LogP contribution in [0, 0.1) is 0 Å². The lowest BCUT2D eigenvalue weighted by Gasteiger charge is -2.11. The highest BCUT2D eigenvalue weighted by Gasteiger charge is 2.27. The van der Waals surface area contributed by atoms with E-state index in [9.17, 15) is 8.42 Å². The summed E-state index contributed by atoms with van der Waals surface area (Å²) < 4.78 is 26.3. The van der Waals surface area contributed by atoms with Gasteiger partial charge in [0.15, 0.2) is 0 Å². The molecule has 0 bridgehead atoms. The van der Waals surface area contributed by atoms with Gasteiger partial charge in [0.25, 0.3) is 0 Å². The maximum Gasteiger partial charge on any atom is 0.214 e. The molecule has 0 unspecified atom stereocenters. The van der Waals surface area contributed by atoms with Crippen molar-refractivity contribution < 1.29 is 8.42 Å². The zero-order valence-electron chi connectivity index (χ0n) is 9.15. The topological polar surface area (TPSA) is 74.8 Å². The van der Waals surface area contributed by atoms with Gasteiger partial charge < -0.3 is 4.98 Å². The van der Waals surface area contributed by atoms with Crippen LogP contribution in [0.1, 0.15) is 31.4 Å². The first-order chi connectivity index (χ1) is 7.68. The van der Waals surface area contributed by atoms with E-state index in [0.717, 1.165) is 31.4 Å². The molecular weight excluding hydrogens is 226 g/mol. The summed E-state index contributed by atoms with van der Waals surface area (Å²) in [6, 6.07) is 0. The van der Waals surface area contributed by atoms with Crippen molar-refractivity contribution in [2.24, 2.45) is 0 Å². The average Bonchev–Trinajstić information content (AvgIpc) is 2.90. The van der Waals surface area contributed by atoms with Crippen LogP contribution in [0.25, 0.3) is 0 Å². The Morgan fingerprint density at radius 1 is 1.44 bits per heavy atom. The van der Waals surface area contributed by atoms with E-state index in [1.807, 2.05) is 0 Å². The smallest absolute Gasteiger partial charge is 0.214 e.